The number of rotatable bonds is 5. The molecular weight excluding hydrogens is 254 g/mol. The van der Waals surface area contributed by atoms with Crippen LogP contribution in [0.1, 0.15) is 38.8 Å². The normalized spacial score (nSPS) is 11.6. The summed E-state index contributed by atoms with van der Waals surface area (Å²) in [7, 11) is 1.52. The lowest BCUT2D eigenvalue weighted by Gasteiger charge is -2.22. The number of anilines is 1. The summed E-state index contributed by atoms with van der Waals surface area (Å²) in [5.74, 6) is 0.709. The first-order valence-electron chi connectivity index (χ1n) is 6.82. The van der Waals surface area contributed by atoms with Crippen molar-refractivity contribution in [1.29, 1.82) is 0 Å². The Balaban J connectivity index is 2.97. The zero-order chi connectivity index (χ0) is 15.5. The first kappa shape index (κ1) is 16.5. The van der Waals surface area contributed by atoms with Crippen molar-refractivity contribution in [2.24, 2.45) is 0 Å². The molecule has 0 saturated carbocycles. The highest BCUT2D eigenvalue weighted by Gasteiger charge is 2.27. The molecule has 1 aromatic carbocycles. The average molecular weight is 279 g/mol. The van der Waals surface area contributed by atoms with Crippen molar-refractivity contribution in [2.45, 2.75) is 53.2 Å². The predicted octanol–water partition coefficient (Wildman–Crippen LogP) is 3.45. The molecule has 4 heteroatoms. The molecule has 0 atom stereocenters. The van der Waals surface area contributed by atoms with Gasteiger partial charge in [-0.3, -0.25) is 4.79 Å². The van der Waals surface area contributed by atoms with Crippen LogP contribution in [0.3, 0.4) is 0 Å². The Morgan fingerprint density at radius 1 is 1.20 bits per heavy atom. The summed E-state index contributed by atoms with van der Waals surface area (Å²) in [6.07, 6.45) is 0.125. The maximum atomic E-state index is 12.1. The van der Waals surface area contributed by atoms with E-state index in [-0.39, 0.29) is 12.0 Å². The molecule has 0 heterocycles. The van der Waals surface area contributed by atoms with Crippen LogP contribution in [-0.4, -0.2) is 24.7 Å². The number of aryl methyl sites for hydroxylation is 2. The first-order valence-corrected chi connectivity index (χ1v) is 6.82. The third kappa shape index (κ3) is 3.97. The number of ether oxygens (including phenoxy) is 2. The molecule has 0 bridgehead atoms. The molecule has 4 nitrogen and oxygen atoms in total. The molecule has 1 N–H and O–H groups in total. The van der Waals surface area contributed by atoms with Crippen LogP contribution >= 0.6 is 0 Å². The second-order valence-electron chi connectivity index (χ2n) is 5.77. The maximum absolute atomic E-state index is 12.1. The quantitative estimate of drug-likeness (QED) is 0.898. The average Bonchev–Trinajstić information content (AvgIpc) is 2.33. The Morgan fingerprint density at radius 2 is 1.70 bits per heavy atom. The van der Waals surface area contributed by atoms with Crippen molar-refractivity contribution in [3.8, 4) is 5.75 Å². The second-order valence-corrected chi connectivity index (χ2v) is 5.77. The smallest absolute Gasteiger partial charge is 0.256 e. The van der Waals surface area contributed by atoms with Crippen LogP contribution in [-0.2, 0) is 9.53 Å². The van der Waals surface area contributed by atoms with Crippen LogP contribution in [0.15, 0.2) is 12.1 Å². The van der Waals surface area contributed by atoms with E-state index >= 15 is 0 Å². The molecule has 1 amide bonds. The number of carbonyl (C=O) groups is 1. The van der Waals surface area contributed by atoms with Gasteiger partial charge in [0.05, 0.1) is 6.10 Å². The summed E-state index contributed by atoms with van der Waals surface area (Å²) in [4.78, 5) is 12.1. The third-order valence-electron chi connectivity index (χ3n) is 3.13. The van der Waals surface area contributed by atoms with Crippen LogP contribution in [0.4, 0.5) is 5.69 Å². The lowest BCUT2D eigenvalue weighted by atomic mass is 10.1. The van der Waals surface area contributed by atoms with Gasteiger partial charge in [-0.15, -0.1) is 0 Å². The summed E-state index contributed by atoms with van der Waals surface area (Å²) in [5, 5.41) is 2.88. The molecule has 1 rings (SSSR count). The molecule has 1 aromatic rings. The van der Waals surface area contributed by atoms with Gasteiger partial charge in [-0.2, -0.15) is 0 Å². The van der Waals surface area contributed by atoms with Gasteiger partial charge in [0, 0.05) is 12.8 Å². The van der Waals surface area contributed by atoms with Gasteiger partial charge in [-0.1, -0.05) is 0 Å². The van der Waals surface area contributed by atoms with Gasteiger partial charge in [-0.25, -0.2) is 0 Å². The van der Waals surface area contributed by atoms with E-state index in [2.05, 4.69) is 5.32 Å². The Kier molecular flexibility index (Phi) is 5.17. The summed E-state index contributed by atoms with van der Waals surface area (Å²) in [6.45, 7) is 11.4. The van der Waals surface area contributed by atoms with Gasteiger partial charge >= 0.3 is 0 Å². The highest BCUT2D eigenvalue weighted by Crippen LogP contribution is 2.28. The predicted molar refractivity (Wildman–Crippen MR) is 81.4 cm³/mol. The summed E-state index contributed by atoms with van der Waals surface area (Å²) in [6, 6.07) is 3.82. The second kappa shape index (κ2) is 6.27. The van der Waals surface area contributed by atoms with E-state index in [1.807, 2.05) is 39.8 Å². The van der Waals surface area contributed by atoms with Gasteiger partial charge in [0.2, 0.25) is 0 Å². The molecule has 0 aromatic heterocycles. The fraction of sp³-hybridized carbons (Fsp3) is 0.562. The van der Waals surface area contributed by atoms with E-state index in [9.17, 15) is 4.79 Å². The Bertz CT molecular complexity index is 469. The lowest BCUT2D eigenvalue weighted by molar-refractivity contribution is -0.133. The highest BCUT2D eigenvalue weighted by molar-refractivity contribution is 5.97. The van der Waals surface area contributed by atoms with Crippen LogP contribution < -0.4 is 10.1 Å². The molecule has 0 aliphatic heterocycles. The van der Waals surface area contributed by atoms with Gasteiger partial charge < -0.3 is 14.8 Å². The van der Waals surface area contributed by atoms with Gasteiger partial charge in [0.15, 0.2) is 0 Å². The standard InChI is InChI=1S/C16H25NO3/c1-10(2)20-14-11(3)8-13(9-12(14)4)17-15(18)16(5,6)19-7/h8-10H,1-7H3,(H,17,18). The van der Waals surface area contributed by atoms with E-state index in [4.69, 9.17) is 9.47 Å². The number of benzene rings is 1. The first-order chi connectivity index (χ1) is 9.17. The van der Waals surface area contributed by atoms with E-state index < -0.39 is 5.60 Å². The number of methoxy groups -OCH3 is 1. The van der Waals surface area contributed by atoms with E-state index in [0.29, 0.717) is 0 Å². The summed E-state index contributed by atoms with van der Waals surface area (Å²) in [5.41, 5.74) is 1.91. The number of amides is 1. The summed E-state index contributed by atoms with van der Waals surface area (Å²) >= 11 is 0. The van der Waals surface area contributed by atoms with Gasteiger partial charge in [-0.05, 0) is 64.8 Å². The molecule has 0 aliphatic carbocycles. The van der Waals surface area contributed by atoms with Gasteiger partial charge in [0.1, 0.15) is 11.4 Å². The fourth-order valence-corrected chi connectivity index (χ4v) is 1.82. The van der Waals surface area contributed by atoms with Crippen molar-refractivity contribution >= 4 is 11.6 Å². The van der Waals surface area contributed by atoms with Crippen LogP contribution in [0.25, 0.3) is 0 Å². The van der Waals surface area contributed by atoms with Crippen LogP contribution in [0.2, 0.25) is 0 Å². The molecule has 0 saturated heterocycles. The largest absolute Gasteiger partial charge is 0.490 e. The third-order valence-corrected chi connectivity index (χ3v) is 3.13. The number of hydrogen-bond acceptors (Lipinski definition) is 3. The van der Waals surface area contributed by atoms with Crippen LogP contribution in [0.5, 0.6) is 5.75 Å². The molecule has 0 unspecified atom stereocenters. The van der Waals surface area contributed by atoms with Crippen molar-refractivity contribution < 1.29 is 14.3 Å². The lowest BCUT2D eigenvalue weighted by Crippen LogP contribution is -2.38. The van der Waals surface area contributed by atoms with Crippen molar-refractivity contribution in [3.05, 3.63) is 23.3 Å². The van der Waals surface area contributed by atoms with Gasteiger partial charge in [0.25, 0.3) is 5.91 Å². The highest BCUT2D eigenvalue weighted by atomic mass is 16.5. The monoisotopic (exact) mass is 279 g/mol. The molecule has 0 spiro atoms. The maximum Gasteiger partial charge on any atom is 0.256 e. The van der Waals surface area contributed by atoms with Crippen molar-refractivity contribution in [1.82, 2.24) is 0 Å². The topological polar surface area (TPSA) is 47.6 Å². The Hall–Kier alpha value is -1.55. The zero-order valence-corrected chi connectivity index (χ0v) is 13.5. The van der Waals surface area contributed by atoms with Crippen molar-refractivity contribution in [3.63, 3.8) is 0 Å². The molecule has 0 radical (unpaired) electrons. The van der Waals surface area contributed by atoms with Crippen LogP contribution in [0, 0.1) is 13.8 Å². The van der Waals surface area contributed by atoms with E-state index in [1.165, 1.54) is 7.11 Å². The molecular formula is C16H25NO3. The minimum Gasteiger partial charge on any atom is -0.490 e. The number of carbonyl (C=O) groups excluding carboxylic acids is 1. The Labute approximate surface area is 121 Å². The Morgan fingerprint density at radius 3 is 2.10 bits per heavy atom. The van der Waals surface area contributed by atoms with Crippen molar-refractivity contribution in [2.75, 3.05) is 12.4 Å². The summed E-state index contributed by atoms with van der Waals surface area (Å²) < 4.78 is 11.0. The van der Waals surface area contributed by atoms with E-state index in [0.717, 1.165) is 22.6 Å². The molecule has 0 aliphatic rings. The number of hydrogen-bond donors (Lipinski definition) is 1. The molecule has 0 fully saturated rings. The minimum atomic E-state index is -0.852. The van der Waals surface area contributed by atoms with E-state index in [1.54, 1.807) is 13.8 Å². The minimum absolute atomic E-state index is 0.125. The number of nitrogens with one attached hydrogen (secondary N) is 1. The molecule has 112 valence electrons. The fourth-order valence-electron chi connectivity index (χ4n) is 1.82. The SMILES string of the molecule is COC(C)(C)C(=O)Nc1cc(C)c(OC(C)C)c(C)c1. The zero-order valence-electron chi connectivity index (χ0n) is 13.5. The molecule has 20 heavy (non-hydrogen) atoms.